The van der Waals surface area contributed by atoms with E-state index in [4.69, 9.17) is 0 Å². The first kappa shape index (κ1) is 24.2. The number of phenolic OH excluding ortho intramolecular Hbond substituents is 1. The lowest BCUT2D eigenvalue weighted by molar-refractivity contribution is 0.278. The molecule has 0 saturated carbocycles. The summed E-state index contributed by atoms with van der Waals surface area (Å²) in [6, 6.07) is 20.5. The molecule has 0 saturated heterocycles. The summed E-state index contributed by atoms with van der Waals surface area (Å²) in [7, 11) is -7.75. The van der Waals surface area contributed by atoms with Gasteiger partial charge in [0.05, 0.1) is 11.1 Å². The Labute approximate surface area is 210 Å². The van der Waals surface area contributed by atoms with Gasteiger partial charge in [-0.1, -0.05) is 48.5 Å². The van der Waals surface area contributed by atoms with E-state index in [-0.39, 0.29) is 28.9 Å². The van der Waals surface area contributed by atoms with Gasteiger partial charge in [-0.15, -0.1) is 0 Å². The van der Waals surface area contributed by atoms with Crippen LogP contribution in [0.25, 0.3) is 0 Å². The second-order valence-electron chi connectivity index (χ2n) is 8.77. The Morgan fingerprint density at radius 3 is 2.31 bits per heavy atom. The number of aliphatic hydroxyl groups is 1. The molecule has 0 spiro atoms. The first-order chi connectivity index (χ1) is 17.1. The third-order valence-corrected chi connectivity index (χ3v) is 9.63. The lowest BCUT2D eigenvalue weighted by Crippen LogP contribution is -2.44. The van der Waals surface area contributed by atoms with E-state index in [0.717, 1.165) is 27.2 Å². The van der Waals surface area contributed by atoms with Crippen molar-refractivity contribution in [2.75, 3.05) is 4.31 Å². The summed E-state index contributed by atoms with van der Waals surface area (Å²) in [4.78, 5) is 0.244. The van der Waals surface area contributed by atoms with E-state index in [1.807, 2.05) is 29.0 Å². The van der Waals surface area contributed by atoms with Crippen LogP contribution in [0.5, 0.6) is 5.75 Å². The summed E-state index contributed by atoms with van der Waals surface area (Å²) in [6.07, 6.45) is 2.50. The van der Waals surface area contributed by atoms with Crippen molar-refractivity contribution in [3.05, 3.63) is 102 Å². The lowest BCUT2D eigenvalue weighted by atomic mass is 9.92. The van der Waals surface area contributed by atoms with Crippen LogP contribution < -0.4 is 9.03 Å². The van der Waals surface area contributed by atoms with Crippen molar-refractivity contribution < 1.29 is 27.0 Å². The molecule has 0 aliphatic carbocycles. The first-order valence-corrected chi connectivity index (χ1v) is 14.2. The molecule has 36 heavy (non-hydrogen) atoms. The number of aliphatic hydroxyl groups excluding tert-OH is 1. The van der Waals surface area contributed by atoms with Gasteiger partial charge in [0.25, 0.3) is 0 Å². The fourth-order valence-corrected chi connectivity index (χ4v) is 7.37. The number of fused-ring (bicyclic) bond motifs is 1. The predicted octanol–water partition coefficient (Wildman–Crippen LogP) is 3.15. The number of hydrogen-bond donors (Lipinski definition) is 3. The van der Waals surface area contributed by atoms with Gasteiger partial charge in [-0.3, -0.25) is 0 Å². The summed E-state index contributed by atoms with van der Waals surface area (Å²) in [5.41, 5.74) is 2.81. The van der Waals surface area contributed by atoms with Gasteiger partial charge in [0.15, 0.2) is 0 Å². The van der Waals surface area contributed by atoms with Gasteiger partial charge < -0.3 is 10.2 Å². The van der Waals surface area contributed by atoms with Crippen LogP contribution in [0.15, 0.2) is 89.8 Å². The van der Waals surface area contributed by atoms with Gasteiger partial charge in [-0.2, -0.15) is 12.7 Å². The number of benzene rings is 3. The Morgan fingerprint density at radius 2 is 1.64 bits per heavy atom. The maximum Gasteiger partial charge on any atom is 0.330 e. The summed E-state index contributed by atoms with van der Waals surface area (Å²) >= 11 is 0. The van der Waals surface area contributed by atoms with Crippen LogP contribution in [0.2, 0.25) is 0 Å². The number of sulfonamides is 1. The Morgan fingerprint density at radius 1 is 0.944 bits per heavy atom. The van der Waals surface area contributed by atoms with Crippen molar-refractivity contribution in [3.63, 3.8) is 0 Å². The lowest BCUT2D eigenvalue weighted by Gasteiger charge is -2.36. The molecule has 2 heterocycles. The Kier molecular flexibility index (Phi) is 6.15. The summed E-state index contributed by atoms with van der Waals surface area (Å²) in [6.45, 7) is 0.276. The van der Waals surface area contributed by atoms with E-state index >= 15 is 0 Å². The van der Waals surface area contributed by atoms with Crippen LogP contribution >= 0.6 is 0 Å². The number of aromatic hydroxyl groups is 1. The molecule has 0 bridgehead atoms. The molecule has 0 aromatic heterocycles. The molecule has 2 aliphatic heterocycles. The second kappa shape index (κ2) is 9.16. The molecule has 0 radical (unpaired) electrons. The van der Waals surface area contributed by atoms with Gasteiger partial charge in [-0.05, 0) is 60.2 Å². The fourth-order valence-electron chi connectivity index (χ4n) is 4.65. The SMILES string of the molecule is O=S1(=O)NC(O)=CN1c1ccc(CC[C@@H]2Cc3ccccc3CN2S(=O)(=O)c2ccccc2)cc1O. The molecular formula is C25H25N3O6S2. The standard InChI is InChI=1S/C25H25N3O6S2/c29-24-14-18(11-13-23(24)28-17-25(30)26-36(28,33)34)10-12-21-15-19-6-4-5-7-20(19)16-27(21)35(31,32)22-8-2-1-3-9-22/h1-9,11,13-14,17,21,26,29-30H,10,12,15-16H2/t21-/m1/s1. The molecule has 0 fully saturated rings. The van der Waals surface area contributed by atoms with E-state index < -0.39 is 26.1 Å². The first-order valence-electron chi connectivity index (χ1n) is 11.3. The topological polar surface area (TPSA) is 127 Å². The minimum Gasteiger partial charge on any atom is -0.506 e. The number of rotatable bonds is 6. The fraction of sp³-hybridized carbons (Fsp3) is 0.200. The summed E-state index contributed by atoms with van der Waals surface area (Å²) in [5, 5.41) is 20.0. The minimum atomic E-state index is -4.03. The van der Waals surface area contributed by atoms with Crippen LogP contribution in [0.4, 0.5) is 5.69 Å². The molecule has 3 N–H and O–H groups in total. The average molecular weight is 528 g/mol. The maximum atomic E-state index is 13.5. The highest BCUT2D eigenvalue weighted by molar-refractivity contribution is 7.91. The van der Waals surface area contributed by atoms with Gasteiger partial charge in [0.1, 0.15) is 11.4 Å². The minimum absolute atomic E-state index is 0.00447. The van der Waals surface area contributed by atoms with Crippen molar-refractivity contribution in [2.45, 2.75) is 36.7 Å². The third kappa shape index (κ3) is 4.52. The highest BCUT2D eigenvalue weighted by Crippen LogP contribution is 2.34. The van der Waals surface area contributed by atoms with E-state index in [9.17, 15) is 27.0 Å². The predicted molar refractivity (Wildman–Crippen MR) is 135 cm³/mol. The molecular weight excluding hydrogens is 502 g/mol. The van der Waals surface area contributed by atoms with Crippen molar-refractivity contribution in [3.8, 4) is 5.75 Å². The number of aryl methyl sites for hydroxylation is 1. The summed E-state index contributed by atoms with van der Waals surface area (Å²) in [5.74, 6) is -0.817. The maximum absolute atomic E-state index is 13.5. The molecule has 188 valence electrons. The summed E-state index contributed by atoms with van der Waals surface area (Å²) < 4.78 is 55.6. The zero-order valence-electron chi connectivity index (χ0n) is 19.1. The number of nitrogens with zero attached hydrogens (tertiary/aromatic N) is 2. The smallest absolute Gasteiger partial charge is 0.330 e. The third-order valence-electron chi connectivity index (χ3n) is 6.43. The van der Waals surface area contributed by atoms with Crippen molar-refractivity contribution in [1.29, 1.82) is 0 Å². The quantitative estimate of drug-likeness (QED) is 0.452. The Hall–Kier alpha value is -3.54. The second-order valence-corrected chi connectivity index (χ2v) is 12.2. The van der Waals surface area contributed by atoms with E-state index in [2.05, 4.69) is 0 Å². The van der Waals surface area contributed by atoms with Crippen LogP contribution in [-0.2, 0) is 39.6 Å². The molecule has 11 heteroatoms. The van der Waals surface area contributed by atoms with Gasteiger partial charge >= 0.3 is 10.2 Å². The zero-order valence-corrected chi connectivity index (χ0v) is 20.8. The number of phenols is 1. The van der Waals surface area contributed by atoms with Gasteiger partial charge in [0.2, 0.25) is 15.9 Å². The Bertz CT molecular complexity index is 1540. The zero-order chi connectivity index (χ0) is 25.5. The molecule has 1 atom stereocenters. The van der Waals surface area contributed by atoms with Crippen molar-refractivity contribution in [1.82, 2.24) is 9.03 Å². The highest BCUT2D eigenvalue weighted by Gasteiger charge is 2.35. The highest BCUT2D eigenvalue weighted by atomic mass is 32.2. The monoisotopic (exact) mass is 527 g/mol. The molecule has 5 rings (SSSR count). The van der Waals surface area contributed by atoms with Crippen LogP contribution in [0, 0.1) is 0 Å². The van der Waals surface area contributed by atoms with Crippen LogP contribution in [-0.4, -0.2) is 37.4 Å². The molecule has 3 aromatic rings. The van der Waals surface area contributed by atoms with Gasteiger partial charge in [0, 0.05) is 12.6 Å². The molecule has 0 amide bonds. The van der Waals surface area contributed by atoms with Crippen LogP contribution in [0.3, 0.4) is 0 Å². The van der Waals surface area contributed by atoms with E-state index in [1.54, 1.807) is 40.7 Å². The normalized spacial score (nSPS) is 19.4. The molecule has 2 aliphatic rings. The van der Waals surface area contributed by atoms with Crippen molar-refractivity contribution in [2.24, 2.45) is 0 Å². The Balaban J connectivity index is 1.40. The molecule has 0 unspecified atom stereocenters. The van der Waals surface area contributed by atoms with Crippen molar-refractivity contribution >= 4 is 25.9 Å². The van der Waals surface area contributed by atoms with Crippen LogP contribution in [0.1, 0.15) is 23.1 Å². The molecule has 9 nitrogen and oxygen atoms in total. The molecule has 3 aromatic carbocycles. The average Bonchev–Trinajstić information content (AvgIpc) is 3.14. The van der Waals surface area contributed by atoms with Gasteiger partial charge in [-0.25, -0.2) is 17.4 Å². The van der Waals surface area contributed by atoms with E-state index in [0.29, 0.717) is 19.3 Å². The number of nitrogens with one attached hydrogen (secondary N) is 1. The number of anilines is 1. The number of hydrogen-bond acceptors (Lipinski definition) is 6. The largest absolute Gasteiger partial charge is 0.506 e. The van der Waals surface area contributed by atoms with E-state index in [1.165, 1.54) is 12.1 Å².